The number of benzene rings is 2. The lowest BCUT2D eigenvalue weighted by atomic mass is 9.94. The zero-order valence-corrected chi connectivity index (χ0v) is 15.6. The zero-order valence-electron chi connectivity index (χ0n) is 14.8. The lowest BCUT2D eigenvalue weighted by Crippen LogP contribution is -2.39. The van der Waals surface area contributed by atoms with Gasteiger partial charge in [-0.2, -0.15) is 0 Å². The van der Waals surface area contributed by atoms with Crippen LogP contribution in [-0.4, -0.2) is 32.7 Å². The van der Waals surface area contributed by atoms with Gasteiger partial charge in [-0.15, -0.1) is 0 Å². The number of anilines is 1. The van der Waals surface area contributed by atoms with Crippen molar-refractivity contribution in [2.45, 2.75) is 18.9 Å². The SMILES string of the molecule is COc1ccc(Cl)cc1NCCC(=O)NCC1NCCc2ccccc21. The largest absolute Gasteiger partial charge is 0.495 e. The Kier molecular flexibility index (Phi) is 6.36. The van der Waals surface area contributed by atoms with E-state index >= 15 is 0 Å². The first-order chi connectivity index (χ1) is 12.7. The number of rotatable bonds is 7. The van der Waals surface area contributed by atoms with E-state index in [4.69, 9.17) is 16.3 Å². The maximum absolute atomic E-state index is 12.2. The van der Waals surface area contributed by atoms with E-state index in [1.807, 2.05) is 6.07 Å². The Morgan fingerprint density at radius 3 is 3.00 bits per heavy atom. The van der Waals surface area contributed by atoms with Crippen LogP contribution in [0.2, 0.25) is 5.02 Å². The summed E-state index contributed by atoms with van der Waals surface area (Å²) < 4.78 is 5.29. The van der Waals surface area contributed by atoms with E-state index in [2.05, 4.69) is 34.1 Å². The van der Waals surface area contributed by atoms with Crippen molar-refractivity contribution < 1.29 is 9.53 Å². The number of methoxy groups -OCH3 is 1. The fourth-order valence-corrected chi connectivity index (χ4v) is 3.38. The Morgan fingerprint density at radius 2 is 2.15 bits per heavy atom. The van der Waals surface area contributed by atoms with E-state index in [1.165, 1.54) is 11.1 Å². The van der Waals surface area contributed by atoms with E-state index in [9.17, 15) is 4.79 Å². The van der Waals surface area contributed by atoms with Gasteiger partial charge in [0.05, 0.1) is 12.8 Å². The molecule has 0 saturated heterocycles. The molecule has 138 valence electrons. The van der Waals surface area contributed by atoms with Crippen LogP contribution in [0.5, 0.6) is 5.75 Å². The highest BCUT2D eigenvalue weighted by Crippen LogP contribution is 2.27. The van der Waals surface area contributed by atoms with Crippen LogP contribution in [0, 0.1) is 0 Å². The monoisotopic (exact) mass is 373 g/mol. The van der Waals surface area contributed by atoms with E-state index in [-0.39, 0.29) is 11.9 Å². The minimum atomic E-state index is 0.0170. The predicted molar refractivity (Wildman–Crippen MR) is 105 cm³/mol. The molecule has 0 spiro atoms. The third kappa shape index (κ3) is 4.68. The van der Waals surface area contributed by atoms with Crippen LogP contribution in [0.15, 0.2) is 42.5 Å². The van der Waals surface area contributed by atoms with Crippen LogP contribution < -0.4 is 20.7 Å². The summed E-state index contributed by atoms with van der Waals surface area (Å²) in [5, 5.41) is 10.3. The molecule has 2 aromatic carbocycles. The van der Waals surface area contributed by atoms with Crippen LogP contribution in [0.4, 0.5) is 5.69 Å². The van der Waals surface area contributed by atoms with Crippen molar-refractivity contribution in [2.75, 3.05) is 32.1 Å². The van der Waals surface area contributed by atoms with Crippen LogP contribution in [0.1, 0.15) is 23.6 Å². The second-order valence-corrected chi connectivity index (χ2v) is 6.72. The average molecular weight is 374 g/mol. The molecule has 0 fully saturated rings. The normalized spacial score (nSPS) is 15.8. The first kappa shape index (κ1) is 18.5. The molecule has 6 heteroatoms. The van der Waals surface area contributed by atoms with Gasteiger partial charge in [0, 0.05) is 30.6 Å². The third-order valence-corrected chi connectivity index (χ3v) is 4.78. The smallest absolute Gasteiger partial charge is 0.221 e. The van der Waals surface area contributed by atoms with Crippen LogP contribution in [0.3, 0.4) is 0 Å². The second-order valence-electron chi connectivity index (χ2n) is 6.28. The molecule has 1 amide bonds. The molecule has 0 saturated carbocycles. The van der Waals surface area contributed by atoms with Crippen LogP contribution >= 0.6 is 11.6 Å². The highest BCUT2D eigenvalue weighted by Gasteiger charge is 2.19. The number of ether oxygens (including phenoxy) is 1. The molecular weight excluding hydrogens is 350 g/mol. The standard InChI is InChI=1S/C20H24ClN3O2/c1-26-19-7-6-15(21)12-17(19)22-11-9-20(25)24-13-18-16-5-3-2-4-14(16)8-10-23-18/h2-7,12,18,22-23H,8-11,13H2,1H3,(H,24,25). The molecule has 1 aliphatic heterocycles. The predicted octanol–water partition coefficient (Wildman–Crippen LogP) is 3.15. The summed E-state index contributed by atoms with van der Waals surface area (Å²) in [6.07, 6.45) is 1.41. The number of carbonyl (C=O) groups excluding carboxylic acids is 1. The highest BCUT2D eigenvalue weighted by atomic mass is 35.5. The summed E-state index contributed by atoms with van der Waals surface area (Å²) in [5.41, 5.74) is 3.43. The molecule has 0 bridgehead atoms. The zero-order chi connectivity index (χ0) is 18.4. The molecule has 5 nitrogen and oxygen atoms in total. The van der Waals surface area contributed by atoms with Crippen molar-refractivity contribution in [3.63, 3.8) is 0 Å². The Morgan fingerprint density at radius 1 is 1.31 bits per heavy atom. The molecule has 1 heterocycles. The second kappa shape index (κ2) is 8.92. The number of fused-ring (bicyclic) bond motifs is 1. The van der Waals surface area contributed by atoms with Crippen molar-refractivity contribution in [2.24, 2.45) is 0 Å². The highest BCUT2D eigenvalue weighted by molar-refractivity contribution is 6.30. The Balaban J connectivity index is 1.46. The first-order valence-electron chi connectivity index (χ1n) is 8.82. The molecule has 1 aliphatic rings. The fraction of sp³-hybridized carbons (Fsp3) is 0.350. The lowest BCUT2D eigenvalue weighted by Gasteiger charge is -2.27. The van der Waals surface area contributed by atoms with Gasteiger partial charge in [0.15, 0.2) is 0 Å². The molecule has 1 atom stereocenters. The summed E-state index contributed by atoms with van der Waals surface area (Å²) in [4.78, 5) is 12.2. The summed E-state index contributed by atoms with van der Waals surface area (Å²) in [7, 11) is 1.61. The van der Waals surface area contributed by atoms with Crippen LogP contribution in [-0.2, 0) is 11.2 Å². The summed E-state index contributed by atoms with van der Waals surface area (Å²) in [6.45, 7) is 2.04. The molecule has 3 rings (SSSR count). The number of carbonyl (C=O) groups is 1. The fourth-order valence-electron chi connectivity index (χ4n) is 3.21. The van der Waals surface area contributed by atoms with Crippen molar-refractivity contribution >= 4 is 23.2 Å². The molecule has 1 unspecified atom stereocenters. The van der Waals surface area contributed by atoms with Gasteiger partial charge in [-0.05, 0) is 42.3 Å². The Hall–Kier alpha value is -2.24. The van der Waals surface area contributed by atoms with Crippen molar-refractivity contribution in [1.82, 2.24) is 10.6 Å². The Labute approximate surface area is 159 Å². The molecular formula is C20H24ClN3O2. The van der Waals surface area contributed by atoms with Crippen LogP contribution in [0.25, 0.3) is 0 Å². The minimum Gasteiger partial charge on any atom is -0.495 e. The summed E-state index contributed by atoms with van der Waals surface area (Å²) >= 11 is 6.01. The average Bonchev–Trinajstić information content (AvgIpc) is 2.66. The number of hydrogen-bond acceptors (Lipinski definition) is 4. The maximum atomic E-state index is 12.2. The molecule has 0 aromatic heterocycles. The number of halogens is 1. The third-order valence-electron chi connectivity index (χ3n) is 4.55. The molecule has 0 aliphatic carbocycles. The van der Waals surface area contributed by atoms with E-state index in [1.54, 1.807) is 25.3 Å². The van der Waals surface area contributed by atoms with Crippen molar-refractivity contribution in [3.05, 3.63) is 58.6 Å². The topological polar surface area (TPSA) is 62.4 Å². The van der Waals surface area contributed by atoms with Crippen molar-refractivity contribution in [1.29, 1.82) is 0 Å². The molecule has 0 radical (unpaired) electrons. The van der Waals surface area contributed by atoms with E-state index in [0.29, 0.717) is 30.3 Å². The number of amides is 1. The van der Waals surface area contributed by atoms with E-state index < -0.39 is 0 Å². The van der Waals surface area contributed by atoms with Gasteiger partial charge in [0.25, 0.3) is 0 Å². The van der Waals surface area contributed by atoms with Gasteiger partial charge >= 0.3 is 0 Å². The summed E-state index contributed by atoms with van der Waals surface area (Å²) in [6, 6.07) is 13.9. The number of hydrogen-bond donors (Lipinski definition) is 3. The molecule has 26 heavy (non-hydrogen) atoms. The Bertz CT molecular complexity index is 766. The van der Waals surface area contributed by atoms with Gasteiger partial charge in [-0.3, -0.25) is 4.79 Å². The van der Waals surface area contributed by atoms with Gasteiger partial charge in [0.1, 0.15) is 5.75 Å². The molecule has 3 N–H and O–H groups in total. The summed E-state index contributed by atoms with van der Waals surface area (Å²) in [5.74, 6) is 0.723. The molecule has 2 aromatic rings. The van der Waals surface area contributed by atoms with Crippen molar-refractivity contribution in [3.8, 4) is 5.75 Å². The minimum absolute atomic E-state index is 0.0170. The lowest BCUT2D eigenvalue weighted by molar-refractivity contribution is -0.120. The van der Waals surface area contributed by atoms with Gasteiger partial charge < -0.3 is 20.7 Å². The first-order valence-corrected chi connectivity index (χ1v) is 9.20. The number of nitrogens with one attached hydrogen (secondary N) is 3. The van der Waals surface area contributed by atoms with Gasteiger partial charge in [-0.1, -0.05) is 35.9 Å². The van der Waals surface area contributed by atoms with Gasteiger partial charge in [0.2, 0.25) is 5.91 Å². The maximum Gasteiger partial charge on any atom is 0.221 e. The van der Waals surface area contributed by atoms with E-state index in [0.717, 1.165) is 18.7 Å². The van der Waals surface area contributed by atoms with Gasteiger partial charge in [-0.25, -0.2) is 0 Å². The quantitative estimate of drug-likeness (QED) is 0.697.